The van der Waals surface area contributed by atoms with E-state index in [2.05, 4.69) is 59.2 Å². The largest absolute Gasteiger partial charge is 0.381 e. The molecule has 0 saturated carbocycles. The van der Waals surface area contributed by atoms with E-state index in [1.807, 2.05) is 6.07 Å². The topological polar surface area (TPSA) is 24.1 Å². The van der Waals surface area contributed by atoms with Gasteiger partial charge in [-0.3, -0.25) is 0 Å². The highest BCUT2D eigenvalue weighted by Gasteiger charge is 2.13. The zero-order valence-corrected chi connectivity index (χ0v) is 10.4. The molecule has 2 aromatic carbocycles. The average molecular weight is 238 g/mol. The van der Waals surface area contributed by atoms with E-state index in [1.165, 1.54) is 23.2 Å². The van der Waals surface area contributed by atoms with Gasteiger partial charge in [-0.25, -0.2) is 0 Å². The minimum absolute atomic E-state index is 0.576. The standard InChI is InChI=1S/C16H18N2/c1-2-4-13(5-3-1)14-6-8-15(9-7-14)18-16-10-11-17-12-16/h1-9,16-18H,10-12H2. The zero-order valence-electron chi connectivity index (χ0n) is 10.4. The van der Waals surface area contributed by atoms with Crippen molar-refractivity contribution < 1.29 is 0 Å². The summed E-state index contributed by atoms with van der Waals surface area (Å²) in [4.78, 5) is 0. The van der Waals surface area contributed by atoms with Crippen molar-refractivity contribution in [3.05, 3.63) is 54.6 Å². The molecule has 3 rings (SSSR count). The maximum absolute atomic E-state index is 3.56. The maximum Gasteiger partial charge on any atom is 0.0398 e. The highest BCUT2D eigenvalue weighted by molar-refractivity contribution is 5.65. The summed E-state index contributed by atoms with van der Waals surface area (Å²) in [5.41, 5.74) is 3.75. The van der Waals surface area contributed by atoms with Gasteiger partial charge in [-0.15, -0.1) is 0 Å². The molecule has 0 amide bonds. The van der Waals surface area contributed by atoms with Gasteiger partial charge >= 0.3 is 0 Å². The number of hydrogen-bond donors (Lipinski definition) is 2. The first-order chi connectivity index (χ1) is 8.92. The van der Waals surface area contributed by atoms with Crippen LogP contribution in [0.1, 0.15) is 6.42 Å². The van der Waals surface area contributed by atoms with Crippen LogP contribution in [0.2, 0.25) is 0 Å². The van der Waals surface area contributed by atoms with E-state index in [0.29, 0.717) is 6.04 Å². The van der Waals surface area contributed by atoms with Gasteiger partial charge in [-0.1, -0.05) is 42.5 Å². The monoisotopic (exact) mass is 238 g/mol. The van der Waals surface area contributed by atoms with Crippen molar-refractivity contribution in [1.82, 2.24) is 5.32 Å². The molecule has 0 bridgehead atoms. The second-order valence-corrected chi connectivity index (χ2v) is 4.78. The molecule has 92 valence electrons. The van der Waals surface area contributed by atoms with Gasteiger partial charge in [0, 0.05) is 18.3 Å². The molecule has 2 heteroatoms. The van der Waals surface area contributed by atoms with Crippen LogP contribution in [0.3, 0.4) is 0 Å². The molecule has 2 N–H and O–H groups in total. The highest BCUT2D eigenvalue weighted by Crippen LogP contribution is 2.21. The van der Waals surface area contributed by atoms with Gasteiger partial charge in [-0.05, 0) is 36.2 Å². The van der Waals surface area contributed by atoms with Crippen molar-refractivity contribution >= 4 is 5.69 Å². The first-order valence-electron chi connectivity index (χ1n) is 6.54. The van der Waals surface area contributed by atoms with Gasteiger partial charge in [0.05, 0.1) is 0 Å². The Kier molecular flexibility index (Phi) is 3.29. The second kappa shape index (κ2) is 5.23. The van der Waals surface area contributed by atoms with Crippen LogP contribution in [-0.4, -0.2) is 19.1 Å². The lowest BCUT2D eigenvalue weighted by atomic mass is 10.1. The Balaban J connectivity index is 1.72. The van der Waals surface area contributed by atoms with Crippen molar-refractivity contribution in [1.29, 1.82) is 0 Å². The van der Waals surface area contributed by atoms with Gasteiger partial charge in [0.25, 0.3) is 0 Å². The Bertz CT molecular complexity index is 484. The van der Waals surface area contributed by atoms with Gasteiger partial charge in [0.2, 0.25) is 0 Å². The summed E-state index contributed by atoms with van der Waals surface area (Å²) in [6.45, 7) is 2.19. The SMILES string of the molecule is c1ccc(-c2ccc(NC3CCNC3)cc2)cc1. The molecule has 1 aliphatic heterocycles. The Morgan fingerprint density at radius 1 is 0.889 bits per heavy atom. The molecule has 0 spiro atoms. The first kappa shape index (κ1) is 11.3. The van der Waals surface area contributed by atoms with E-state index in [4.69, 9.17) is 0 Å². The minimum atomic E-state index is 0.576. The maximum atomic E-state index is 3.56. The molecule has 1 unspecified atom stereocenters. The molecule has 0 aromatic heterocycles. The average Bonchev–Trinajstić information content (AvgIpc) is 2.94. The molecular formula is C16H18N2. The van der Waals surface area contributed by atoms with E-state index < -0.39 is 0 Å². The van der Waals surface area contributed by atoms with Crippen LogP contribution in [0.15, 0.2) is 54.6 Å². The van der Waals surface area contributed by atoms with E-state index in [1.54, 1.807) is 0 Å². The quantitative estimate of drug-likeness (QED) is 0.858. The lowest BCUT2D eigenvalue weighted by Gasteiger charge is -2.13. The van der Waals surface area contributed by atoms with Gasteiger partial charge in [-0.2, -0.15) is 0 Å². The van der Waals surface area contributed by atoms with Crippen molar-refractivity contribution in [3.8, 4) is 11.1 Å². The van der Waals surface area contributed by atoms with E-state index in [-0.39, 0.29) is 0 Å². The van der Waals surface area contributed by atoms with Gasteiger partial charge in [0.15, 0.2) is 0 Å². The molecule has 1 atom stereocenters. The van der Waals surface area contributed by atoms with Gasteiger partial charge < -0.3 is 10.6 Å². The van der Waals surface area contributed by atoms with Crippen LogP contribution >= 0.6 is 0 Å². The third-order valence-electron chi connectivity index (χ3n) is 3.42. The molecule has 1 saturated heterocycles. The van der Waals surface area contributed by atoms with Crippen LogP contribution in [0.4, 0.5) is 5.69 Å². The molecule has 1 fully saturated rings. The summed E-state index contributed by atoms with van der Waals surface area (Å²) in [5.74, 6) is 0. The highest BCUT2D eigenvalue weighted by atomic mass is 15.0. The van der Waals surface area contributed by atoms with Crippen LogP contribution in [0, 0.1) is 0 Å². The molecule has 1 aliphatic rings. The Hall–Kier alpha value is -1.80. The minimum Gasteiger partial charge on any atom is -0.381 e. The number of anilines is 1. The predicted molar refractivity (Wildman–Crippen MR) is 76.8 cm³/mol. The molecule has 0 radical (unpaired) electrons. The van der Waals surface area contributed by atoms with Crippen LogP contribution < -0.4 is 10.6 Å². The fourth-order valence-corrected chi connectivity index (χ4v) is 2.40. The van der Waals surface area contributed by atoms with Crippen LogP contribution in [-0.2, 0) is 0 Å². The number of nitrogens with one attached hydrogen (secondary N) is 2. The molecule has 2 nitrogen and oxygen atoms in total. The third-order valence-corrected chi connectivity index (χ3v) is 3.42. The fraction of sp³-hybridized carbons (Fsp3) is 0.250. The normalized spacial score (nSPS) is 18.8. The lowest BCUT2D eigenvalue weighted by Crippen LogP contribution is -2.21. The van der Waals surface area contributed by atoms with Crippen molar-refractivity contribution in [2.24, 2.45) is 0 Å². The molecule has 2 aromatic rings. The van der Waals surface area contributed by atoms with Crippen molar-refractivity contribution in [3.63, 3.8) is 0 Å². The lowest BCUT2D eigenvalue weighted by molar-refractivity contribution is 0.793. The van der Waals surface area contributed by atoms with E-state index >= 15 is 0 Å². The summed E-state index contributed by atoms with van der Waals surface area (Å²) in [6, 6.07) is 19.8. The van der Waals surface area contributed by atoms with Crippen LogP contribution in [0.5, 0.6) is 0 Å². The summed E-state index contributed by atoms with van der Waals surface area (Å²) < 4.78 is 0. The van der Waals surface area contributed by atoms with Crippen molar-refractivity contribution in [2.45, 2.75) is 12.5 Å². The van der Waals surface area contributed by atoms with E-state index in [0.717, 1.165) is 13.1 Å². The Morgan fingerprint density at radius 3 is 2.28 bits per heavy atom. The zero-order chi connectivity index (χ0) is 12.2. The predicted octanol–water partition coefficient (Wildman–Crippen LogP) is 3.13. The van der Waals surface area contributed by atoms with Crippen molar-refractivity contribution in [2.75, 3.05) is 18.4 Å². The number of rotatable bonds is 3. The Morgan fingerprint density at radius 2 is 1.61 bits per heavy atom. The van der Waals surface area contributed by atoms with E-state index in [9.17, 15) is 0 Å². The first-order valence-corrected chi connectivity index (χ1v) is 6.54. The molecular weight excluding hydrogens is 220 g/mol. The number of benzene rings is 2. The van der Waals surface area contributed by atoms with Gasteiger partial charge in [0.1, 0.15) is 0 Å². The summed E-state index contributed by atoms with van der Waals surface area (Å²) >= 11 is 0. The fourth-order valence-electron chi connectivity index (χ4n) is 2.40. The molecule has 0 aliphatic carbocycles. The summed E-state index contributed by atoms with van der Waals surface area (Å²) in [7, 11) is 0. The summed E-state index contributed by atoms with van der Waals surface area (Å²) in [5, 5.41) is 6.92. The van der Waals surface area contributed by atoms with Crippen LogP contribution in [0.25, 0.3) is 11.1 Å². The molecule has 18 heavy (non-hydrogen) atoms. The second-order valence-electron chi connectivity index (χ2n) is 4.78. The number of hydrogen-bond acceptors (Lipinski definition) is 2. The summed E-state index contributed by atoms with van der Waals surface area (Å²) in [6.07, 6.45) is 1.21. The molecule has 1 heterocycles. The third kappa shape index (κ3) is 2.54. The Labute approximate surface area is 108 Å². The smallest absolute Gasteiger partial charge is 0.0398 e.